The number of fused-ring (bicyclic) bond motifs is 1. The molecule has 0 saturated heterocycles. The first-order valence-corrected chi connectivity index (χ1v) is 14.1. The molecule has 200 valence electrons. The number of aromatic nitrogens is 1. The highest BCUT2D eigenvalue weighted by Gasteiger charge is 2.24. The Hall–Kier alpha value is -3.52. The lowest BCUT2D eigenvalue weighted by molar-refractivity contribution is -0.117. The number of nitrogens with zero attached hydrogens (tertiary/aromatic N) is 1. The van der Waals surface area contributed by atoms with Crippen molar-refractivity contribution in [1.82, 2.24) is 4.57 Å². The molecule has 0 aliphatic carbocycles. The molecule has 0 aliphatic rings. The molecule has 0 radical (unpaired) electrons. The van der Waals surface area contributed by atoms with Gasteiger partial charge in [0.1, 0.15) is 17.2 Å². The van der Waals surface area contributed by atoms with Crippen LogP contribution in [0.1, 0.15) is 37.6 Å². The van der Waals surface area contributed by atoms with E-state index < -0.39 is 21.3 Å². The fraction of sp³-hybridized carbons (Fsp3) is 0.300. The van der Waals surface area contributed by atoms with Crippen LogP contribution in [0.4, 0.5) is 8.78 Å². The smallest absolute Gasteiger partial charge is 0.178 e. The standard InChI is InChI=1S/C30H31F2NO4S/c1-5-38(35,36)26-10-6-21(7-11-26)15-25(34)16-22-8-13-29(27(32)17-22)37-30(3,4)19-33-20(2)14-23-18-24(31)9-12-28(23)33/h6-14,17-18H,5,15-16,19H2,1-4H3. The van der Waals surface area contributed by atoms with Crippen LogP contribution in [0, 0.1) is 18.6 Å². The van der Waals surface area contributed by atoms with Crippen LogP contribution in [-0.2, 0) is 34.0 Å². The molecule has 4 aromatic rings. The Balaban J connectivity index is 1.41. The SMILES string of the molecule is CCS(=O)(=O)c1ccc(CC(=O)Cc2ccc(OC(C)(C)Cn3c(C)cc4cc(F)ccc43)c(F)c2)cc1. The van der Waals surface area contributed by atoms with E-state index in [0.717, 1.165) is 16.6 Å². The minimum Gasteiger partial charge on any atom is -0.483 e. The average molecular weight is 540 g/mol. The van der Waals surface area contributed by atoms with Gasteiger partial charge < -0.3 is 9.30 Å². The van der Waals surface area contributed by atoms with Crippen LogP contribution in [0.25, 0.3) is 10.9 Å². The summed E-state index contributed by atoms with van der Waals surface area (Å²) in [5.41, 5.74) is 2.26. The van der Waals surface area contributed by atoms with Gasteiger partial charge in [-0.15, -0.1) is 0 Å². The van der Waals surface area contributed by atoms with Crippen LogP contribution in [-0.4, -0.2) is 30.1 Å². The number of carbonyl (C=O) groups is 1. The first-order valence-electron chi connectivity index (χ1n) is 12.4. The Morgan fingerprint density at radius 1 is 0.921 bits per heavy atom. The van der Waals surface area contributed by atoms with Crippen molar-refractivity contribution in [2.24, 2.45) is 0 Å². The van der Waals surface area contributed by atoms with Gasteiger partial charge in [0.05, 0.1) is 17.2 Å². The summed E-state index contributed by atoms with van der Waals surface area (Å²) in [5, 5.41) is 0.792. The highest BCUT2D eigenvalue weighted by Crippen LogP contribution is 2.28. The minimum absolute atomic E-state index is 0.0118. The van der Waals surface area contributed by atoms with Gasteiger partial charge in [-0.1, -0.05) is 25.1 Å². The molecular weight excluding hydrogens is 508 g/mol. The van der Waals surface area contributed by atoms with Crippen molar-refractivity contribution < 1.29 is 26.7 Å². The second-order valence-electron chi connectivity index (χ2n) is 10.1. The molecule has 4 rings (SSSR count). The van der Waals surface area contributed by atoms with Gasteiger partial charge >= 0.3 is 0 Å². The molecule has 1 aromatic heterocycles. The summed E-state index contributed by atoms with van der Waals surface area (Å²) in [4.78, 5) is 12.8. The lowest BCUT2D eigenvalue weighted by Gasteiger charge is -2.28. The summed E-state index contributed by atoms with van der Waals surface area (Å²) >= 11 is 0. The van der Waals surface area contributed by atoms with Crippen molar-refractivity contribution >= 4 is 26.5 Å². The number of ketones is 1. The summed E-state index contributed by atoms with van der Waals surface area (Å²) in [6, 6.07) is 17.3. The second kappa shape index (κ2) is 10.7. The van der Waals surface area contributed by atoms with E-state index in [0.29, 0.717) is 17.7 Å². The fourth-order valence-corrected chi connectivity index (χ4v) is 5.42. The van der Waals surface area contributed by atoms with Gasteiger partial charge in [-0.05, 0) is 80.4 Å². The number of ether oxygens (including phenoxy) is 1. The van der Waals surface area contributed by atoms with Gasteiger partial charge in [0, 0.05) is 29.4 Å². The largest absolute Gasteiger partial charge is 0.483 e. The van der Waals surface area contributed by atoms with Crippen molar-refractivity contribution in [3.8, 4) is 5.75 Å². The topological polar surface area (TPSA) is 65.4 Å². The highest BCUT2D eigenvalue weighted by molar-refractivity contribution is 7.91. The summed E-state index contributed by atoms with van der Waals surface area (Å²) < 4.78 is 60.5. The molecule has 0 spiro atoms. The van der Waals surface area contributed by atoms with Gasteiger partial charge in [0.25, 0.3) is 0 Å². The monoisotopic (exact) mass is 539 g/mol. The van der Waals surface area contributed by atoms with Crippen molar-refractivity contribution in [3.05, 3.63) is 95.2 Å². The maximum atomic E-state index is 15.0. The number of rotatable bonds is 10. The predicted molar refractivity (Wildman–Crippen MR) is 144 cm³/mol. The van der Waals surface area contributed by atoms with E-state index in [1.807, 2.05) is 31.4 Å². The normalized spacial score (nSPS) is 12.2. The maximum Gasteiger partial charge on any atom is 0.178 e. The fourth-order valence-electron chi connectivity index (χ4n) is 4.54. The van der Waals surface area contributed by atoms with E-state index in [1.54, 1.807) is 31.2 Å². The molecule has 0 atom stereocenters. The zero-order valence-electron chi connectivity index (χ0n) is 21.9. The molecule has 0 bridgehead atoms. The Kier molecular flexibility index (Phi) is 7.74. The Labute approximate surface area is 222 Å². The Morgan fingerprint density at radius 3 is 2.24 bits per heavy atom. The van der Waals surface area contributed by atoms with E-state index >= 15 is 0 Å². The zero-order valence-corrected chi connectivity index (χ0v) is 22.7. The van der Waals surface area contributed by atoms with Crippen molar-refractivity contribution in [3.63, 3.8) is 0 Å². The van der Waals surface area contributed by atoms with E-state index in [9.17, 15) is 22.0 Å². The molecule has 0 aliphatic heterocycles. The number of hydrogen-bond acceptors (Lipinski definition) is 4. The van der Waals surface area contributed by atoms with Gasteiger partial charge in [-0.2, -0.15) is 0 Å². The number of benzene rings is 3. The predicted octanol–water partition coefficient (Wildman–Crippen LogP) is 6.23. The molecule has 5 nitrogen and oxygen atoms in total. The van der Waals surface area contributed by atoms with Gasteiger partial charge in [-0.3, -0.25) is 4.79 Å². The molecule has 8 heteroatoms. The first kappa shape index (κ1) is 27.5. The number of Topliss-reactive ketones (excluding diaryl/α,β-unsaturated/α-hetero) is 1. The quantitative estimate of drug-likeness (QED) is 0.240. The number of hydrogen-bond donors (Lipinski definition) is 0. The lowest BCUT2D eigenvalue weighted by atomic mass is 10.0. The number of aryl methyl sites for hydroxylation is 1. The number of sulfone groups is 1. The van der Waals surface area contributed by atoms with Crippen LogP contribution in [0.5, 0.6) is 5.75 Å². The number of halogens is 2. The van der Waals surface area contributed by atoms with E-state index in [4.69, 9.17) is 4.74 Å². The minimum atomic E-state index is -3.30. The Morgan fingerprint density at radius 2 is 1.58 bits per heavy atom. The summed E-state index contributed by atoms with van der Waals surface area (Å²) in [5.74, 6) is -0.882. The van der Waals surface area contributed by atoms with E-state index in [2.05, 4.69) is 0 Å². The third kappa shape index (κ3) is 6.30. The summed E-state index contributed by atoms with van der Waals surface area (Å²) in [6.45, 7) is 7.65. The molecule has 0 unspecified atom stereocenters. The van der Waals surface area contributed by atoms with E-state index in [1.165, 1.54) is 36.4 Å². The molecule has 0 amide bonds. The summed E-state index contributed by atoms with van der Waals surface area (Å²) in [7, 11) is -3.30. The Bertz CT molecular complexity index is 1590. The molecule has 3 aromatic carbocycles. The maximum absolute atomic E-state index is 15.0. The van der Waals surface area contributed by atoms with Crippen LogP contribution < -0.4 is 4.74 Å². The molecule has 1 heterocycles. The van der Waals surface area contributed by atoms with Gasteiger partial charge in [-0.25, -0.2) is 17.2 Å². The zero-order chi connectivity index (χ0) is 27.7. The van der Waals surface area contributed by atoms with Gasteiger partial charge in [0.2, 0.25) is 0 Å². The van der Waals surface area contributed by atoms with Crippen molar-refractivity contribution in [1.29, 1.82) is 0 Å². The second-order valence-corrected chi connectivity index (χ2v) is 12.4. The molecule has 0 fully saturated rings. The lowest BCUT2D eigenvalue weighted by Crippen LogP contribution is -2.34. The summed E-state index contributed by atoms with van der Waals surface area (Å²) in [6.07, 6.45) is 0.161. The first-order chi connectivity index (χ1) is 17.9. The third-order valence-corrected chi connectivity index (χ3v) is 8.21. The molecule has 0 saturated carbocycles. The van der Waals surface area contributed by atoms with Crippen molar-refractivity contribution in [2.75, 3.05) is 5.75 Å². The average Bonchev–Trinajstić information content (AvgIpc) is 3.14. The van der Waals surface area contributed by atoms with Crippen LogP contribution in [0.2, 0.25) is 0 Å². The highest BCUT2D eigenvalue weighted by atomic mass is 32.2. The van der Waals surface area contributed by atoms with Crippen LogP contribution >= 0.6 is 0 Å². The third-order valence-electron chi connectivity index (χ3n) is 6.46. The van der Waals surface area contributed by atoms with Gasteiger partial charge in [0.15, 0.2) is 21.4 Å². The molecule has 38 heavy (non-hydrogen) atoms. The van der Waals surface area contributed by atoms with E-state index in [-0.39, 0.29) is 40.8 Å². The molecular formula is C30H31F2NO4S. The van der Waals surface area contributed by atoms with Crippen molar-refractivity contribution in [2.45, 2.75) is 57.6 Å². The van der Waals surface area contributed by atoms with Crippen LogP contribution in [0.3, 0.4) is 0 Å². The number of carbonyl (C=O) groups excluding carboxylic acids is 1. The van der Waals surface area contributed by atoms with Crippen LogP contribution in [0.15, 0.2) is 71.6 Å². The molecule has 0 N–H and O–H groups in total.